The Hall–Kier alpha value is -0.780. The van der Waals surface area contributed by atoms with Crippen molar-refractivity contribution in [3.05, 3.63) is 42.8 Å². The number of hydrogen-bond donors (Lipinski definition) is 0. The first kappa shape index (κ1) is 14.3. The number of benzene rings is 1. The van der Waals surface area contributed by atoms with Crippen LogP contribution in [0, 0.1) is 6.92 Å². The van der Waals surface area contributed by atoms with Gasteiger partial charge in [0.2, 0.25) is 0 Å². The van der Waals surface area contributed by atoms with Gasteiger partial charge in [0.1, 0.15) is 0 Å². The summed E-state index contributed by atoms with van der Waals surface area (Å²) < 4.78 is 0. The van der Waals surface area contributed by atoms with E-state index in [9.17, 15) is 0 Å². The van der Waals surface area contributed by atoms with Gasteiger partial charge in [-0.3, -0.25) is 0 Å². The zero-order valence-electron chi connectivity index (χ0n) is 11.3. The quantitative estimate of drug-likeness (QED) is 0.475. The molecule has 1 rings (SSSR count). The average Bonchev–Trinajstić information content (AvgIpc) is 2.39. The molecule has 0 N–H and O–H groups in total. The average molecular weight is 231 g/mol. The summed E-state index contributed by atoms with van der Waals surface area (Å²) in [6.07, 6.45) is 10.5. The zero-order chi connectivity index (χ0) is 12.3. The summed E-state index contributed by atoms with van der Waals surface area (Å²) in [6, 6.07) is 11.0. The van der Waals surface area contributed by atoms with E-state index in [2.05, 4.69) is 44.2 Å². The Kier molecular flexibility index (Phi) is 7.79. The van der Waals surface area contributed by atoms with Gasteiger partial charge in [-0.1, -0.05) is 82.7 Å². The van der Waals surface area contributed by atoms with Gasteiger partial charge in [-0.2, -0.15) is 0 Å². The van der Waals surface area contributed by atoms with Crippen LogP contribution in [0.1, 0.15) is 69.8 Å². The second-order valence-electron chi connectivity index (χ2n) is 4.93. The van der Waals surface area contributed by atoms with E-state index in [-0.39, 0.29) is 0 Å². The first-order chi connectivity index (χ1) is 8.38. The van der Waals surface area contributed by atoms with Gasteiger partial charge >= 0.3 is 0 Å². The third-order valence-electron chi connectivity index (χ3n) is 3.57. The highest BCUT2D eigenvalue weighted by Gasteiger charge is 2.07. The van der Waals surface area contributed by atoms with Gasteiger partial charge in [0.25, 0.3) is 0 Å². The van der Waals surface area contributed by atoms with E-state index in [4.69, 9.17) is 0 Å². The van der Waals surface area contributed by atoms with Crippen molar-refractivity contribution < 1.29 is 0 Å². The standard InChI is InChI=1S/C17H27/c1-3-5-6-7-8-10-13-16(4-2)17-14-11-9-12-15-17/h9,11-12,14-16H,1,3-8,10,13H2,2H3. The molecule has 0 fully saturated rings. The molecule has 0 nitrogen and oxygen atoms in total. The van der Waals surface area contributed by atoms with Crippen molar-refractivity contribution in [3.8, 4) is 0 Å². The van der Waals surface area contributed by atoms with Gasteiger partial charge in [0.15, 0.2) is 0 Å². The van der Waals surface area contributed by atoms with Crippen LogP contribution < -0.4 is 0 Å². The number of hydrogen-bond acceptors (Lipinski definition) is 0. The zero-order valence-corrected chi connectivity index (χ0v) is 11.3. The Morgan fingerprint density at radius 3 is 2.24 bits per heavy atom. The molecule has 1 unspecified atom stereocenters. The minimum atomic E-state index is 0.768. The van der Waals surface area contributed by atoms with Crippen molar-refractivity contribution in [2.24, 2.45) is 0 Å². The Morgan fingerprint density at radius 2 is 1.59 bits per heavy atom. The van der Waals surface area contributed by atoms with Crippen molar-refractivity contribution in [1.29, 1.82) is 0 Å². The highest BCUT2D eigenvalue weighted by Crippen LogP contribution is 2.25. The summed E-state index contributed by atoms with van der Waals surface area (Å²) in [7, 11) is 0. The molecule has 0 aliphatic carbocycles. The molecule has 0 aromatic heterocycles. The van der Waals surface area contributed by atoms with Crippen LogP contribution in [0.3, 0.4) is 0 Å². The summed E-state index contributed by atoms with van der Waals surface area (Å²) in [5.74, 6) is 0.768. The molecule has 0 aliphatic rings. The van der Waals surface area contributed by atoms with Gasteiger partial charge in [-0.15, -0.1) is 0 Å². The van der Waals surface area contributed by atoms with Gasteiger partial charge in [0.05, 0.1) is 0 Å². The first-order valence-electron chi connectivity index (χ1n) is 7.22. The first-order valence-corrected chi connectivity index (χ1v) is 7.22. The monoisotopic (exact) mass is 231 g/mol. The summed E-state index contributed by atoms with van der Waals surface area (Å²) in [5.41, 5.74) is 1.52. The van der Waals surface area contributed by atoms with Crippen molar-refractivity contribution in [3.63, 3.8) is 0 Å². The Balaban J connectivity index is 2.20. The van der Waals surface area contributed by atoms with Gasteiger partial charge in [-0.25, -0.2) is 0 Å². The maximum absolute atomic E-state index is 3.88. The van der Waals surface area contributed by atoms with Crippen molar-refractivity contribution in [2.75, 3.05) is 0 Å². The summed E-state index contributed by atoms with van der Waals surface area (Å²) in [4.78, 5) is 0. The predicted octanol–water partition coefficient (Wildman–Crippen LogP) is 5.74. The molecule has 0 saturated heterocycles. The van der Waals surface area contributed by atoms with E-state index >= 15 is 0 Å². The SMILES string of the molecule is [CH2]CCCCCCCC(CC)c1ccccc1. The van der Waals surface area contributed by atoms with Crippen LogP contribution in [0.4, 0.5) is 0 Å². The molecule has 0 heteroatoms. The molecule has 1 aromatic carbocycles. The second kappa shape index (κ2) is 9.27. The molecule has 1 radical (unpaired) electrons. The maximum Gasteiger partial charge on any atom is -0.0165 e. The largest absolute Gasteiger partial charge is 0.0648 e. The summed E-state index contributed by atoms with van der Waals surface area (Å²) >= 11 is 0. The van der Waals surface area contributed by atoms with E-state index in [1.807, 2.05) is 0 Å². The van der Waals surface area contributed by atoms with Crippen molar-refractivity contribution in [1.82, 2.24) is 0 Å². The van der Waals surface area contributed by atoms with E-state index in [1.54, 1.807) is 0 Å². The lowest BCUT2D eigenvalue weighted by Gasteiger charge is -2.15. The molecule has 1 aromatic rings. The second-order valence-corrected chi connectivity index (χ2v) is 4.93. The van der Waals surface area contributed by atoms with Gasteiger partial charge < -0.3 is 0 Å². The van der Waals surface area contributed by atoms with Crippen molar-refractivity contribution in [2.45, 2.75) is 64.2 Å². The van der Waals surface area contributed by atoms with Crippen molar-refractivity contribution >= 4 is 0 Å². The lowest BCUT2D eigenvalue weighted by Crippen LogP contribution is -1.97. The van der Waals surface area contributed by atoms with Crippen LogP contribution in [0.15, 0.2) is 30.3 Å². The Morgan fingerprint density at radius 1 is 0.941 bits per heavy atom. The molecule has 0 aliphatic heterocycles. The van der Waals surface area contributed by atoms with E-state index in [1.165, 1.54) is 50.5 Å². The van der Waals surface area contributed by atoms with E-state index < -0.39 is 0 Å². The molecule has 17 heavy (non-hydrogen) atoms. The van der Waals surface area contributed by atoms with E-state index in [0.717, 1.165) is 12.3 Å². The smallest absolute Gasteiger partial charge is 0.0165 e. The van der Waals surface area contributed by atoms with E-state index in [0.29, 0.717) is 0 Å². The Bertz CT molecular complexity index is 263. The highest BCUT2D eigenvalue weighted by atomic mass is 14.1. The lowest BCUT2D eigenvalue weighted by molar-refractivity contribution is 0.531. The summed E-state index contributed by atoms with van der Waals surface area (Å²) in [5, 5.41) is 0. The van der Waals surface area contributed by atoms with Gasteiger partial charge in [-0.05, 0) is 24.3 Å². The fourth-order valence-electron chi connectivity index (χ4n) is 2.43. The topological polar surface area (TPSA) is 0 Å². The van der Waals surface area contributed by atoms with Crippen LogP contribution in [-0.4, -0.2) is 0 Å². The number of rotatable bonds is 9. The third kappa shape index (κ3) is 5.91. The predicted molar refractivity (Wildman–Crippen MR) is 77.2 cm³/mol. The van der Waals surface area contributed by atoms with Crippen LogP contribution in [0.25, 0.3) is 0 Å². The Labute approximate surface area is 107 Å². The van der Waals surface area contributed by atoms with Gasteiger partial charge in [0, 0.05) is 0 Å². The lowest BCUT2D eigenvalue weighted by atomic mass is 9.91. The molecular formula is C17H27. The van der Waals surface area contributed by atoms with Crippen LogP contribution in [-0.2, 0) is 0 Å². The molecular weight excluding hydrogens is 204 g/mol. The molecule has 0 bridgehead atoms. The van der Waals surface area contributed by atoms with Crippen LogP contribution in [0.5, 0.6) is 0 Å². The highest BCUT2D eigenvalue weighted by molar-refractivity contribution is 5.19. The molecule has 0 amide bonds. The van der Waals surface area contributed by atoms with Crippen LogP contribution >= 0.6 is 0 Å². The van der Waals surface area contributed by atoms with Crippen LogP contribution in [0.2, 0.25) is 0 Å². The molecule has 0 saturated carbocycles. The minimum absolute atomic E-state index is 0.768. The minimum Gasteiger partial charge on any atom is -0.0648 e. The third-order valence-corrected chi connectivity index (χ3v) is 3.57. The normalized spacial score (nSPS) is 12.6. The maximum atomic E-state index is 3.88. The fraction of sp³-hybridized carbons (Fsp3) is 0.588. The molecule has 1 atom stereocenters. The number of unbranched alkanes of at least 4 members (excludes halogenated alkanes) is 5. The fourth-order valence-corrected chi connectivity index (χ4v) is 2.43. The molecule has 0 spiro atoms. The molecule has 0 heterocycles. The molecule has 95 valence electrons. The summed E-state index contributed by atoms with van der Waals surface area (Å²) in [6.45, 7) is 6.19.